The molecule has 1 heterocycles. The van der Waals surface area contributed by atoms with Crippen LogP contribution in [0.1, 0.15) is 71.1 Å². The van der Waals surface area contributed by atoms with Crippen molar-refractivity contribution in [1.29, 1.82) is 0 Å². The van der Waals surface area contributed by atoms with Gasteiger partial charge in [0.1, 0.15) is 0 Å². The molecule has 0 aromatic carbocycles. The van der Waals surface area contributed by atoms with Gasteiger partial charge < -0.3 is 5.32 Å². The normalized spacial score (nSPS) is 25.7. The third-order valence-electron chi connectivity index (χ3n) is 5.30. The number of unbranched alkanes of at least 4 members (excludes halogenated alkanes) is 2. The van der Waals surface area contributed by atoms with Crippen LogP contribution in [-0.4, -0.2) is 36.6 Å². The second-order valence-electron chi connectivity index (χ2n) is 6.34. The zero-order valence-electron chi connectivity index (χ0n) is 12.5. The van der Waals surface area contributed by atoms with E-state index in [0.717, 1.165) is 6.04 Å². The molecule has 0 aromatic rings. The summed E-state index contributed by atoms with van der Waals surface area (Å²) < 4.78 is 0. The number of nitrogens with one attached hydrogen (secondary N) is 1. The summed E-state index contributed by atoms with van der Waals surface area (Å²) in [5.41, 5.74) is 0.513. The Balaban J connectivity index is 2.01. The molecule has 106 valence electrons. The summed E-state index contributed by atoms with van der Waals surface area (Å²) in [7, 11) is 2.19. The molecule has 1 saturated carbocycles. The van der Waals surface area contributed by atoms with Crippen LogP contribution in [0.15, 0.2) is 0 Å². The first-order valence-electron chi connectivity index (χ1n) is 8.26. The van der Waals surface area contributed by atoms with Crippen LogP contribution in [0, 0.1) is 0 Å². The molecule has 2 aliphatic rings. The summed E-state index contributed by atoms with van der Waals surface area (Å²) in [6, 6.07) is 0.727. The standard InChI is InChI=1S/C16H32N2/c1-3-4-5-10-15(17-2)16(11-6-7-12-16)18-13-8-9-14-18/h15,17H,3-14H2,1-2H3. The average molecular weight is 252 g/mol. The highest BCUT2D eigenvalue weighted by atomic mass is 15.2. The molecule has 0 radical (unpaired) electrons. The molecule has 2 fully saturated rings. The van der Waals surface area contributed by atoms with E-state index in [9.17, 15) is 0 Å². The van der Waals surface area contributed by atoms with Crippen LogP contribution in [0.3, 0.4) is 0 Å². The monoisotopic (exact) mass is 252 g/mol. The van der Waals surface area contributed by atoms with Gasteiger partial charge in [-0.2, -0.15) is 0 Å². The van der Waals surface area contributed by atoms with E-state index < -0.39 is 0 Å². The Hall–Kier alpha value is -0.0800. The van der Waals surface area contributed by atoms with Gasteiger partial charge in [0, 0.05) is 11.6 Å². The molecule has 1 aliphatic heterocycles. The van der Waals surface area contributed by atoms with Gasteiger partial charge >= 0.3 is 0 Å². The van der Waals surface area contributed by atoms with Crippen molar-refractivity contribution in [3.8, 4) is 0 Å². The van der Waals surface area contributed by atoms with Crippen molar-refractivity contribution in [3.63, 3.8) is 0 Å². The first-order chi connectivity index (χ1) is 8.83. The lowest BCUT2D eigenvalue weighted by atomic mass is 9.83. The molecule has 0 spiro atoms. The molecule has 0 amide bonds. The molecule has 1 unspecified atom stereocenters. The van der Waals surface area contributed by atoms with E-state index in [1.165, 1.54) is 77.3 Å². The van der Waals surface area contributed by atoms with Gasteiger partial charge in [0.25, 0.3) is 0 Å². The topological polar surface area (TPSA) is 15.3 Å². The van der Waals surface area contributed by atoms with Gasteiger partial charge in [-0.05, 0) is 52.2 Å². The van der Waals surface area contributed by atoms with Gasteiger partial charge in [-0.15, -0.1) is 0 Å². The summed E-state index contributed by atoms with van der Waals surface area (Å²) in [6.45, 7) is 5.01. The van der Waals surface area contributed by atoms with E-state index in [4.69, 9.17) is 0 Å². The Kier molecular flexibility index (Phi) is 5.50. The molecule has 2 nitrogen and oxygen atoms in total. The number of likely N-dealkylation sites (tertiary alicyclic amines) is 1. The van der Waals surface area contributed by atoms with Crippen LogP contribution in [-0.2, 0) is 0 Å². The van der Waals surface area contributed by atoms with E-state index in [1.807, 2.05) is 0 Å². The first-order valence-corrected chi connectivity index (χ1v) is 8.26. The largest absolute Gasteiger partial charge is 0.315 e. The third-order valence-corrected chi connectivity index (χ3v) is 5.30. The molecule has 2 heteroatoms. The van der Waals surface area contributed by atoms with Gasteiger partial charge in [-0.1, -0.05) is 39.0 Å². The fraction of sp³-hybridized carbons (Fsp3) is 1.00. The van der Waals surface area contributed by atoms with Gasteiger partial charge in [0.2, 0.25) is 0 Å². The molecule has 1 N–H and O–H groups in total. The van der Waals surface area contributed by atoms with E-state index >= 15 is 0 Å². The van der Waals surface area contributed by atoms with E-state index in [2.05, 4.69) is 24.2 Å². The maximum absolute atomic E-state index is 3.68. The first kappa shape index (κ1) is 14.3. The lowest BCUT2D eigenvalue weighted by molar-refractivity contribution is 0.0750. The maximum Gasteiger partial charge on any atom is 0.0362 e. The van der Waals surface area contributed by atoms with E-state index in [1.54, 1.807) is 0 Å². The Morgan fingerprint density at radius 2 is 1.72 bits per heavy atom. The zero-order chi connectivity index (χ0) is 12.8. The van der Waals surface area contributed by atoms with Crippen molar-refractivity contribution in [2.24, 2.45) is 0 Å². The number of hydrogen-bond donors (Lipinski definition) is 1. The van der Waals surface area contributed by atoms with Crippen LogP contribution in [0.2, 0.25) is 0 Å². The molecular formula is C16H32N2. The van der Waals surface area contributed by atoms with Crippen molar-refractivity contribution in [1.82, 2.24) is 10.2 Å². The molecule has 0 bridgehead atoms. The van der Waals surface area contributed by atoms with Crippen LogP contribution >= 0.6 is 0 Å². The second kappa shape index (κ2) is 6.91. The van der Waals surface area contributed by atoms with E-state index in [0.29, 0.717) is 5.54 Å². The fourth-order valence-electron chi connectivity index (χ4n) is 4.31. The predicted octanol–water partition coefficient (Wildman–Crippen LogP) is 3.56. The summed E-state index contributed by atoms with van der Waals surface area (Å²) >= 11 is 0. The Morgan fingerprint density at radius 3 is 2.28 bits per heavy atom. The molecule has 2 rings (SSSR count). The molecule has 18 heavy (non-hydrogen) atoms. The van der Waals surface area contributed by atoms with Crippen LogP contribution in [0.25, 0.3) is 0 Å². The second-order valence-corrected chi connectivity index (χ2v) is 6.34. The van der Waals surface area contributed by atoms with Crippen molar-refractivity contribution < 1.29 is 0 Å². The Morgan fingerprint density at radius 1 is 1.06 bits per heavy atom. The number of nitrogens with zero attached hydrogens (tertiary/aromatic N) is 1. The summed E-state index contributed by atoms with van der Waals surface area (Å²) in [4.78, 5) is 2.84. The highest BCUT2D eigenvalue weighted by Crippen LogP contribution is 2.41. The lowest BCUT2D eigenvalue weighted by Crippen LogP contribution is -2.58. The summed E-state index contributed by atoms with van der Waals surface area (Å²) in [6.07, 6.45) is 14.1. The smallest absolute Gasteiger partial charge is 0.0362 e. The van der Waals surface area contributed by atoms with Gasteiger partial charge in [0.05, 0.1) is 0 Å². The minimum Gasteiger partial charge on any atom is -0.315 e. The van der Waals surface area contributed by atoms with Gasteiger partial charge in [-0.25, -0.2) is 0 Å². The highest BCUT2D eigenvalue weighted by Gasteiger charge is 2.45. The van der Waals surface area contributed by atoms with Crippen LogP contribution in [0.4, 0.5) is 0 Å². The third kappa shape index (κ3) is 2.91. The molecule has 1 aliphatic carbocycles. The minimum absolute atomic E-state index is 0.513. The quantitative estimate of drug-likeness (QED) is 0.697. The fourth-order valence-corrected chi connectivity index (χ4v) is 4.31. The van der Waals surface area contributed by atoms with Crippen molar-refractivity contribution in [3.05, 3.63) is 0 Å². The maximum atomic E-state index is 3.68. The van der Waals surface area contributed by atoms with Gasteiger partial charge in [0.15, 0.2) is 0 Å². The molecule has 1 saturated heterocycles. The SMILES string of the molecule is CCCCCC(NC)C1(N2CCCC2)CCCC1. The minimum atomic E-state index is 0.513. The highest BCUT2D eigenvalue weighted by molar-refractivity contribution is 5.04. The van der Waals surface area contributed by atoms with Crippen molar-refractivity contribution in [2.75, 3.05) is 20.1 Å². The summed E-state index contributed by atoms with van der Waals surface area (Å²) in [5, 5.41) is 3.68. The Labute approximate surface area is 114 Å². The van der Waals surface area contributed by atoms with Gasteiger partial charge in [-0.3, -0.25) is 4.90 Å². The molecular weight excluding hydrogens is 220 g/mol. The lowest BCUT2D eigenvalue weighted by Gasteiger charge is -2.45. The van der Waals surface area contributed by atoms with Crippen molar-refractivity contribution in [2.45, 2.75) is 82.7 Å². The zero-order valence-corrected chi connectivity index (χ0v) is 12.5. The predicted molar refractivity (Wildman–Crippen MR) is 79.0 cm³/mol. The van der Waals surface area contributed by atoms with Crippen molar-refractivity contribution >= 4 is 0 Å². The van der Waals surface area contributed by atoms with E-state index in [-0.39, 0.29) is 0 Å². The number of hydrogen-bond acceptors (Lipinski definition) is 2. The van der Waals surface area contributed by atoms with Crippen LogP contribution < -0.4 is 5.32 Å². The van der Waals surface area contributed by atoms with Crippen LogP contribution in [0.5, 0.6) is 0 Å². The molecule has 1 atom stereocenters. The number of rotatable bonds is 7. The Bertz CT molecular complexity index is 227. The number of likely N-dealkylation sites (N-methyl/N-ethyl adjacent to an activating group) is 1. The summed E-state index contributed by atoms with van der Waals surface area (Å²) in [5.74, 6) is 0. The molecule has 0 aromatic heterocycles. The average Bonchev–Trinajstić information content (AvgIpc) is 3.05.